The summed E-state index contributed by atoms with van der Waals surface area (Å²) in [5.74, 6) is 0. The number of piperidine rings is 1. The lowest BCUT2D eigenvalue weighted by molar-refractivity contribution is 0.0687. The standard InChI is InChI=1S/C14H30N2/c1-6-9-14(4,5)16-10-7-8-13(11-16)15-12(2)3/h12-13,15H,6-11H2,1-5H3. The summed E-state index contributed by atoms with van der Waals surface area (Å²) in [6, 6.07) is 1.31. The molecule has 1 aliphatic heterocycles. The van der Waals surface area contributed by atoms with Crippen molar-refractivity contribution in [3.63, 3.8) is 0 Å². The SMILES string of the molecule is CCCC(C)(C)N1CCCC(NC(C)C)C1. The molecule has 1 heterocycles. The fourth-order valence-corrected chi connectivity index (χ4v) is 2.90. The van der Waals surface area contributed by atoms with Gasteiger partial charge in [-0.3, -0.25) is 4.90 Å². The first-order chi connectivity index (χ1) is 7.45. The van der Waals surface area contributed by atoms with Gasteiger partial charge in [0.25, 0.3) is 0 Å². The Morgan fingerprint density at radius 2 is 2.06 bits per heavy atom. The number of hydrogen-bond acceptors (Lipinski definition) is 2. The van der Waals surface area contributed by atoms with E-state index in [0.717, 1.165) is 0 Å². The highest BCUT2D eigenvalue weighted by Gasteiger charge is 2.30. The highest BCUT2D eigenvalue weighted by Crippen LogP contribution is 2.25. The monoisotopic (exact) mass is 226 g/mol. The lowest BCUT2D eigenvalue weighted by Gasteiger charge is -2.44. The van der Waals surface area contributed by atoms with Gasteiger partial charge >= 0.3 is 0 Å². The average Bonchev–Trinajstić information content (AvgIpc) is 2.17. The minimum Gasteiger partial charge on any atom is -0.311 e. The van der Waals surface area contributed by atoms with Gasteiger partial charge in [0.05, 0.1) is 0 Å². The average molecular weight is 226 g/mol. The van der Waals surface area contributed by atoms with Gasteiger partial charge < -0.3 is 5.32 Å². The first-order valence-electron chi connectivity index (χ1n) is 6.97. The van der Waals surface area contributed by atoms with E-state index in [0.29, 0.717) is 17.6 Å². The molecule has 2 heteroatoms. The van der Waals surface area contributed by atoms with Crippen molar-refractivity contribution in [3.05, 3.63) is 0 Å². The predicted octanol–water partition coefficient (Wildman–Crippen LogP) is 3.03. The maximum absolute atomic E-state index is 3.68. The molecule has 1 saturated heterocycles. The van der Waals surface area contributed by atoms with Gasteiger partial charge in [0, 0.05) is 24.2 Å². The molecule has 0 bridgehead atoms. The Hall–Kier alpha value is -0.0800. The minimum absolute atomic E-state index is 0.381. The van der Waals surface area contributed by atoms with Crippen LogP contribution in [0.5, 0.6) is 0 Å². The molecule has 0 saturated carbocycles. The zero-order chi connectivity index (χ0) is 12.2. The lowest BCUT2D eigenvalue weighted by atomic mass is 9.92. The van der Waals surface area contributed by atoms with Gasteiger partial charge in [-0.2, -0.15) is 0 Å². The molecule has 96 valence electrons. The van der Waals surface area contributed by atoms with E-state index in [9.17, 15) is 0 Å². The second-order valence-corrected chi connectivity index (χ2v) is 6.17. The molecule has 1 rings (SSSR count). The molecule has 0 spiro atoms. The fourth-order valence-electron chi connectivity index (χ4n) is 2.90. The van der Waals surface area contributed by atoms with Gasteiger partial charge in [-0.05, 0) is 39.7 Å². The van der Waals surface area contributed by atoms with E-state index in [1.54, 1.807) is 0 Å². The largest absolute Gasteiger partial charge is 0.311 e. The highest BCUT2D eigenvalue weighted by atomic mass is 15.2. The number of nitrogens with zero attached hydrogens (tertiary/aromatic N) is 1. The quantitative estimate of drug-likeness (QED) is 0.775. The first-order valence-corrected chi connectivity index (χ1v) is 6.97. The molecular weight excluding hydrogens is 196 g/mol. The van der Waals surface area contributed by atoms with Crippen molar-refractivity contribution >= 4 is 0 Å². The molecule has 1 aliphatic rings. The van der Waals surface area contributed by atoms with E-state index < -0.39 is 0 Å². The number of rotatable bonds is 5. The summed E-state index contributed by atoms with van der Waals surface area (Å²) in [6.45, 7) is 14.1. The summed E-state index contributed by atoms with van der Waals surface area (Å²) < 4.78 is 0. The van der Waals surface area contributed by atoms with Gasteiger partial charge in [-0.1, -0.05) is 27.2 Å². The zero-order valence-electron chi connectivity index (χ0n) is 11.8. The predicted molar refractivity (Wildman–Crippen MR) is 71.9 cm³/mol. The molecule has 1 atom stereocenters. The third kappa shape index (κ3) is 4.06. The molecule has 0 amide bonds. The molecule has 1 fully saturated rings. The Morgan fingerprint density at radius 1 is 1.38 bits per heavy atom. The van der Waals surface area contributed by atoms with Crippen molar-refractivity contribution in [2.75, 3.05) is 13.1 Å². The second-order valence-electron chi connectivity index (χ2n) is 6.17. The lowest BCUT2D eigenvalue weighted by Crippen LogP contribution is -2.54. The molecule has 1 N–H and O–H groups in total. The second kappa shape index (κ2) is 6.02. The third-order valence-electron chi connectivity index (χ3n) is 3.71. The van der Waals surface area contributed by atoms with E-state index in [-0.39, 0.29) is 0 Å². The van der Waals surface area contributed by atoms with Crippen molar-refractivity contribution in [2.45, 2.75) is 77.9 Å². The molecule has 16 heavy (non-hydrogen) atoms. The molecule has 0 radical (unpaired) electrons. The van der Waals surface area contributed by atoms with E-state index in [4.69, 9.17) is 0 Å². The van der Waals surface area contributed by atoms with Crippen LogP contribution in [0.4, 0.5) is 0 Å². The summed E-state index contributed by atoms with van der Waals surface area (Å²) in [4.78, 5) is 2.68. The Morgan fingerprint density at radius 3 is 2.62 bits per heavy atom. The topological polar surface area (TPSA) is 15.3 Å². The zero-order valence-corrected chi connectivity index (χ0v) is 11.8. The molecule has 0 aromatic heterocycles. The molecule has 0 aromatic rings. The normalized spacial score (nSPS) is 24.0. The molecule has 0 aromatic carbocycles. The van der Waals surface area contributed by atoms with Gasteiger partial charge in [0.2, 0.25) is 0 Å². The van der Waals surface area contributed by atoms with Gasteiger partial charge in [0.1, 0.15) is 0 Å². The van der Waals surface area contributed by atoms with Crippen LogP contribution >= 0.6 is 0 Å². The Labute approximate surface area is 102 Å². The Balaban J connectivity index is 2.49. The summed E-state index contributed by atoms with van der Waals surface area (Å²) in [6.07, 6.45) is 5.28. The third-order valence-corrected chi connectivity index (χ3v) is 3.71. The molecule has 2 nitrogen and oxygen atoms in total. The van der Waals surface area contributed by atoms with E-state index >= 15 is 0 Å². The summed E-state index contributed by atoms with van der Waals surface area (Å²) >= 11 is 0. The molecule has 1 unspecified atom stereocenters. The summed E-state index contributed by atoms with van der Waals surface area (Å²) in [7, 11) is 0. The molecule has 0 aliphatic carbocycles. The van der Waals surface area contributed by atoms with Crippen LogP contribution in [0.15, 0.2) is 0 Å². The van der Waals surface area contributed by atoms with Gasteiger partial charge in [0.15, 0.2) is 0 Å². The van der Waals surface area contributed by atoms with Crippen molar-refractivity contribution in [2.24, 2.45) is 0 Å². The van der Waals surface area contributed by atoms with Crippen LogP contribution in [0.25, 0.3) is 0 Å². The maximum Gasteiger partial charge on any atom is 0.0198 e. The van der Waals surface area contributed by atoms with Crippen LogP contribution in [0, 0.1) is 0 Å². The van der Waals surface area contributed by atoms with E-state index in [1.807, 2.05) is 0 Å². The minimum atomic E-state index is 0.381. The van der Waals surface area contributed by atoms with Gasteiger partial charge in [-0.25, -0.2) is 0 Å². The Bertz CT molecular complexity index is 199. The summed E-state index contributed by atoms with van der Waals surface area (Å²) in [5.41, 5.74) is 0.381. The Kier molecular flexibility index (Phi) is 5.26. The number of nitrogens with one attached hydrogen (secondary N) is 1. The van der Waals surface area contributed by atoms with Crippen LogP contribution in [0.1, 0.15) is 60.3 Å². The van der Waals surface area contributed by atoms with Crippen molar-refractivity contribution in [1.29, 1.82) is 0 Å². The van der Waals surface area contributed by atoms with Crippen LogP contribution in [0.2, 0.25) is 0 Å². The van der Waals surface area contributed by atoms with Crippen LogP contribution in [-0.4, -0.2) is 35.6 Å². The van der Waals surface area contributed by atoms with E-state index in [1.165, 1.54) is 38.8 Å². The summed E-state index contributed by atoms with van der Waals surface area (Å²) in [5, 5.41) is 3.68. The van der Waals surface area contributed by atoms with Crippen molar-refractivity contribution < 1.29 is 0 Å². The van der Waals surface area contributed by atoms with E-state index in [2.05, 4.69) is 44.8 Å². The maximum atomic E-state index is 3.68. The smallest absolute Gasteiger partial charge is 0.0198 e. The number of hydrogen-bond donors (Lipinski definition) is 1. The van der Waals surface area contributed by atoms with Crippen molar-refractivity contribution in [1.82, 2.24) is 10.2 Å². The molecular formula is C14H30N2. The van der Waals surface area contributed by atoms with Gasteiger partial charge in [-0.15, -0.1) is 0 Å². The fraction of sp³-hybridized carbons (Fsp3) is 1.00. The van der Waals surface area contributed by atoms with Crippen LogP contribution in [0.3, 0.4) is 0 Å². The van der Waals surface area contributed by atoms with Crippen molar-refractivity contribution in [3.8, 4) is 0 Å². The first kappa shape index (κ1) is 14.0. The number of likely N-dealkylation sites (tertiary alicyclic amines) is 1. The highest BCUT2D eigenvalue weighted by molar-refractivity contribution is 4.88. The van der Waals surface area contributed by atoms with Crippen LogP contribution < -0.4 is 5.32 Å². The van der Waals surface area contributed by atoms with Crippen LogP contribution in [-0.2, 0) is 0 Å².